The van der Waals surface area contributed by atoms with E-state index in [-0.39, 0.29) is 0 Å². The number of aromatic nitrogens is 1. The molecule has 0 fully saturated rings. The molecule has 0 aliphatic heterocycles. The minimum absolute atomic E-state index is 0.450. The molecule has 0 spiro atoms. The van der Waals surface area contributed by atoms with Crippen molar-refractivity contribution in [1.29, 1.82) is 0 Å². The van der Waals surface area contributed by atoms with Gasteiger partial charge in [0.05, 0.1) is 14.2 Å². The van der Waals surface area contributed by atoms with Gasteiger partial charge in [0, 0.05) is 17.3 Å². The minimum Gasteiger partial charge on any atom is -0.491 e. The summed E-state index contributed by atoms with van der Waals surface area (Å²) in [6, 6.07) is 9.11. The molecule has 0 bridgehead atoms. The van der Waals surface area contributed by atoms with Gasteiger partial charge in [-0.25, -0.2) is 4.98 Å². The fourth-order valence-corrected chi connectivity index (χ4v) is 1.64. The van der Waals surface area contributed by atoms with E-state index >= 15 is 0 Å². The maximum Gasteiger partial charge on any atom is 0.256 e. The van der Waals surface area contributed by atoms with Crippen LogP contribution in [0.2, 0.25) is 0 Å². The summed E-state index contributed by atoms with van der Waals surface area (Å²) in [4.78, 5) is 14.8. The van der Waals surface area contributed by atoms with Crippen LogP contribution in [-0.2, 0) is 0 Å². The third kappa shape index (κ3) is 2.32. The number of hydrogen-bond donors (Lipinski definition) is 0. The normalized spacial score (nSPS) is 9.89. The van der Waals surface area contributed by atoms with Crippen molar-refractivity contribution in [1.82, 2.24) is 4.98 Å². The van der Waals surface area contributed by atoms with Gasteiger partial charge in [-0.1, -0.05) is 24.3 Å². The van der Waals surface area contributed by atoms with Gasteiger partial charge in [0.15, 0.2) is 5.75 Å². The van der Waals surface area contributed by atoms with Crippen LogP contribution in [0, 0.1) is 0 Å². The summed E-state index contributed by atoms with van der Waals surface area (Å²) >= 11 is 0. The zero-order valence-electron chi connectivity index (χ0n) is 10.2. The maximum absolute atomic E-state index is 10.6. The number of aldehydes is 1. The Hall–Kier alpha value is -2.36. The third-order valence-corrected chi connectivity index (χ3v) is 2.61. The smallest absolute Gasteiger partial charge is 0.256 e. The molecule has 2 rings (SSSR count). The first-order valence-electron chi connectivity index (χ1n) is 5.42. The maximum atomic E-state index is 10.6. The van der Waals surface area contributed by atoms with Crippen LogP contribution in [0.15, 0.2) is 36.5 Å². The molecule has 1 aromatic heterocycles. The summed E-state index contributed by atoms with van der Waals surface area (Å²) in [5.74, 6) is 1.03. The zero-order valence-corrected chi connectivity index (χ0v) is 10.2. The van der Waals surface area contributed by atoms with Gasteiger partial charge in [-0.2, -0.15) is 0 Å². The van der Waals surface area contributed by atoms with E-state index in [0.717, 1.165) is 17.4 Å². The van der Waals surface area contributed by atoms with Gasteiger partial charge in [-0.3, -0.25) is 4.79 Å². The lowest BCUT2D eigenvalue weighted by Gasteiger charge is -2.08. The Bertz CT molecular complexity index is 549. The molecule has 0 aliphatic rings. The van der Waals surface area contributed by atoms with E-state index in [2.05, 4.69) is 4.98 Å². The topological polar surface area (TPSA) is 48.4 Å². The second kappa shape index (κ2) is 5.31. The van der Waals surface area contributed by atoms with E-state index in [1.165, 1.54) is 0 Å². The molecule has 1 heterocycles. The van der Waals surface area contributed by atoms with E-state index in [0.29, 0.717) is 17.2 Å². The molecule has 92 valence electrons. The van der Waals surface area contributed by atoms with E-state index in [4.69, 9.17) is 9.47 Å². The van der Waals surface area contributed by atoms with E-state index < -0.39 is 0 Å². The molecule has 0 radical (unpaired) electrons. The molecule has 18 heavy (non-hydrogen) atoms. The summed E-state index contributed by atoms with van der Waals surface area (Å²) in [5, 5.41) is 0. The molecule has 0 unspecified atom stereocenters. The van der Waals surface area contributed by atoms with Crippen molar-refractivity contribution in [3.05, 3.63) is 42.1 Å². The summed E-state index contributed by atoms with van der Waals surface area (Å²) in [5.41, 5.74) is 2.52. The van der Waals surface area contributed by atoms with Crippen LogP contribution < -0.4 is 9.47 Å². The van der Waals surface area contributed by atoms with Crippen molar-refractivity contribution in [2.24, 2.45) is 0 Å². The predicted octanol–water partition coefficient (Wildman–Crippen LogP) is 2.58. The highest BCUT2D eigenvalue weighted by Crippen LogP contribution is 2.29. The Kier molecular flexibility index (Phi) is 3.57. The Morgan fingerprint density at radius 3 is 2.33 bits per heavy atom. The van der Waals surface area contributed by atoms with Crippen molar-refractivity contribution in [2.75, 3.05) is 14.2 Å². The predicted molar refractivity (Wildman–Crippen MR) is 68.2 cm³/mol. The summed E-state index contributed by atoms with van der Waals surface area (Å²) in [7, 11) is 3.11. The molecule has 0 saturated carbocycles. The lowest BCUT2D eigenvalue weighted by atomic mass is 10.1. The molecule has 0 atom stereocenters. The fourth-order valence-electron chi connectivity index (χ4n) is 1.64. The summed E-state index contributed by atoms with van der Waals surface area (Å²) < 4.78 is 10.3. The largest absolute Gasteiger partial charge is 0.491 e. The number of carbonyl (C=O) groups excluding carboxylic acids is 1. The van der Waals surface area contributed by atoms with Gasteiger partial charge in [-0.05, 0) is 11.6 Å². The number of carbonyl (C=O) groups is 1. The number of hydrogen-bond acceptors (Lipinski definition) is 4. The van der Waals surface area contributed by atoms with E-state index in [9.17, 15) is 4.79 Å². The van der Waals surface area contributed by atoms with E-state index in [1.54, 1.807) is 32.5 Å². The lowest BCUT2D eigenvalue weighted by Crippen LogP contribution is -1.94. The number of nitrogens with zero attached hydrogens (tertiary/aromatic N) is 1. The van der Waals surface area contributed by atoms with Crippen LogP contribution in [0.4, 0.5) is 0 Å². The van der Waals surface area contributed by atoms with Gasteiger partial charge in [0.25, 0.3) is 5.88 Å². The molecule has 0 amide bonds. The summed E-state index contributed by atoms with van der Waals surface area (Å²) in [6.45, 7) is 0. The van der Waals surface area contributed by atoms with Gasteiger partial charge in [-0.15, -0.1) is 0 Å². The number of pyridine rings is 1. The zero-order chi connectivity index (χ0) is 13.0. The molecular weight excluding hydrogens is 230 g/mol. The quantitative estimate of drug-likeness (QED) is 0.774. The van der Waals surface area contributed by atoms with Crippen molar-refractivity contribution >= 4 is 6.29 Å². The van der Waals surface area contributed by atoms with Crippen molar-refractivity contribution in [3.63, 3.8) is 0 Å². The minimum atomic E-state index is 0.450. The molecule has 2 aromatic rings. The van der Waals surface area contributed by atoms with Gasteiger partial charge >= 0.3 is 0 Å². The first kappa shape index (κ1) is 12.1. The van der Waals surface area contributed by atoms with Crippen molar-refractivity contribution in [3.8, 4) is 22.8 Å². The van der Waals surface area contributed by atoms with Crippen LogP contribution in [0.25, 0.3) is 11.1 Å². The number of ether oxygens (including phenoxy) is 2. The van der Waals surface area contributed by atoms with Crippen LogP contribution in [-0.4, -0.2) is 25.5 Å². The molecule has 0 N–H and O–H groups in total. The number of benzene rings is 1. The first-order valence-corrected chi connectivity index (χ1v) is 5.42. The highest BCUT2D eigenvalue weighted by atomic mass is 16.5. The second-order valence-corrected chi connectivity index (χ2v) is 3.68. The lowest BCUT2D eigenvalue weighted by molar-refractivity contribution is 0.112. The Morgan fingerprint density at radius 2 is 1.78 bits per heavy atom. The van der Waals surface area contributed by atoms with Crippen LogP contribution in [0.3, 0.4) is 0 Å². The molecule has 4 nitrogen and oxygen atoms in total. The SMILES string of the molecule is COc1cc(-c2ccc(C=O)cc2)cnc1OC. The van der Waals surface area contributed by atoms with Crippen LogP contribution in [0.5, 0.6) is 11.6 Å². The summed E-state index contributed by atoms with van der Waals surface area (Å²) in [6.07, 6.45) is 2.52. The number of methoxy groups -OCH3 is 2. The fraction of sp³-hybridized carbons (Fsp3) is 0.143. The van der Waals surface area contributed by atoms with E-state index in [1.807, 2.05) is 18.2 Å². The Balaban J connectivity index is 2.40. The standard InChI is InChI=1S/C14H13NO3/c1-17-13-7-12(8-15-14(13)18-2)11-5-3-10(9-16)4-6-11/h3-9H,1-2H3. The molecule has 0 aliphatic carbocycles. The van der Waals surface area contributed by atoms with Crippen LogP contribution in [0.1, 0.15) is 10.4 Å². The highest BCUT2D eigenvalue weighted by Gasteiger charge is 2.07. The van der Waals surface area contributed by atoms with Crippen molar-refractivity contribution in [2.45, 2.75) is 0 Å². The average Bonchev–Trinajstić information content (AvgIpc) is 2.46. The van der Waals surface area contributed by atoms with Gasteiger partial charge in [0.1, 0.15) is 6.29 Å². The average molecular weight is 243 g/mol. The third-order valence-electron chi connectivity index (χ3n) is 2.61. The first-order chi connectivity index (χ1) is 8.78. The highest BCUT2D eigenvalue weighted by molar-refractivity contribution is 5.77. The number of rotatable bonds is 4. The molecular formula is C14H13NO3. The Morgan fingerprint density at radius 1 is 1.06 bits per heavy atom. The monoisotopic (exact) mass is 243 g/mol. The van der Waals surface area contributed by atoms with Crippen LogP contribution >= 0.6 is 0 Å². The second-order valence-electron chi connectivity index (χ2n) is 3.68. The van der Waals surface area contributed by atoms with Crippen molar-refractivity contribution < 1.29 is 14.3 Å². The van der Waals surface area contributed by atoms with Gasteiger partial charge < -0.3 is 9.47 Å². The molecule has 0 saturated heterocycles. The van der Waals surface area contributed by atoms with Gasteiger partial charge in [0.2, 0.25) is 0 Å². The Labute approximate surface area is 105 Å². The molecule has 4 heteroatoms. The molecule has 1 aromatic carbocycles.